The molecule has 132 valence electrons. The first-order valence-corrected chi connectivity index (χ1v) is 8.23. The summed E-state index contributed by atoms with van der Waals surface area (Å²) < 4.78 is 15.7. The summed E-state index contributed by atoms with van der Waals surface area (Å²) in [5.41, 5.74) is 1.21. The van der Waals surface area contributed by atoms with Gasteiger partial charge in [0.25, 0.3) is 5.91 Å². The standard InChI is InChI=1S/C18H18BrNO5/c1-23-13-5-3-12(4-6-13)10-20-17(21)11-25-18(22)15-9-14(24-2)7-8-16(15)19/h3-9H,10-11H2,1-2H3,(H,20,21). The van der Waals surface area contributed by atoms with Gasteiger partial charge in [-0.2, -0.15) is 0 Å². The van der Waals surface area contributed by atoms with Crippen molar-refractivity contribution in [1.82, 2.24) is 5.32 Å². The zero-order valence-electron chi connectivity index (χ0n) is 13.9. The molecule has 0 aliphatic heterocycles. The smallest absolute Gasteiger partial charge is 0.339 e. The number of halogens is 1. The van der Waals surface area contributed by atoms with Crippen LogP contribution in [-0.2, 0) is 16.1 Å². The second-order valence-corrected chi connectivity index (χ2v) is 5.90. The van der Waals surface area contributed by atoms with E-state index in [-0.39, 0.29) is 12.5 Å². The molecule has 1 amide bonds. The van der Waals surface area contributed by atoms with E-state index in [1.807, 2.05) is 24.3 Å². The molecule has 0 aromatic heterocycles. The Kier molecular flexibility index (Phi) is 6.82. The van der Waals surface area contributed by atoms with E-state index in [1.165, 1.54) is 7.11 Å². The Morgan fingerprint density at radius 1 is 1.00 bits per heavy atom. The third-order valence-corrected chi connectivity index (χ3v) is 4.07. The largest absolute Gasteiger partial charge is 0.497 e. The van der Waals surface area contributed by atoms with Gasteiger partial charge in [-0.1, -0.05) is 12.1 Å². The van der Waals surface area contributed by atoms with E-state index in [1.54, 1.807) is 25.3 Å². The number of nitrogens with one attached hydrogen (secondary N) is 1. The highest BCUT2D eigenvalue weighted by atomic mass is 79.9. The predicted octanol–water partition coefficient (Wildman–Crippen LogP) is 2.94. The highest BCUT2D eigenvalue weighted by Gasteiger charge is 2.14. The predicted molar refractivity (Wildman–Crippen MR) is 95.8 cm³/mol. The first-order valence-electron chi connectivity index (χ1n) is 7.43. The van der Waals surface area contributed by atoms with Crippen molar-refractivity contribution in [3.63, 3.8) is 0 Å². The van der Waals surface area contributed by atoms with E-state index in [2.05, 4.69) is 21.2 Å². The van der Waals surface area contributed by atoms with Crippen molar-refractivity contribution >= 4 is 27.8 Å². The van der Waals surface area contributed by atoms with Crippen molar-refractivity contribution in [3.8, 4) is 11.5 Å². The van der Waals surface area contributed by atoms with Crippen LogP contribution >= 0.6 is 15.9 Å². The van der Waals surface area contributed by atoms with Gasteiger partial charge in [0.2, 0.25) is 0 Å². The molecule has 6 nitrogen and oxygen atoms in total. The van der Waals surface area contributed by atoms with E-state index in [9.17, 15) is 9.59 Å². The molecule has 0 spiro atoms. The molecular weight excluding hydrogens is 390 g/mol. The minimum absolute atomic E-state index is 0.294. The normalized spacial score (nSPS) is 10.0. The fourth-order valence-corrected chi connectivity index (χ4v) is 2.40. The maximum atomic E-state index is 12.1. The van der Waals surface area contributed by atoms with Gasteiger partial charge in [0.1, 0.15) is 11.5 Å². The van der Waals surface area contributed by atoms with E-state index in [4.69, 9.17) is 14.2 Å². The first-order chi connectivity index (χ1) is 12.0. The minimum Gasteiger partial charge on any atom is -0.497 e. The molecule has 2 rings (SSSR count). The van der Waals surface area contributed by atoms with Gasteiger partial charge in [0, 0.05) is 11.0 Å². The molecular formula is C18H18BrNO5. The van der Waals surface area contributed by atoms with Crippen molar-refractivity contribution in [3.05, 3.63) is 58.1 Å². The highest BCUT2D eigenvalue weighted by molar-refractivity contribution is 9.10. The van der Waals surface area contributed by atoms with Gasteiger partial charge in [0.05, 0.1) is 19.8 Å². The molecule has 0 bridgehead atoms. The summed E-state index contributed by atoms with van der Waals surface area (Å²) in [6.45, 7) is -0.0259. The van der Waals surface area contributed by atoms with Gasteiger partial charge in [-0.25, -0.2) is 4.79 Å². The molecule has 1 N–H and O–H groups in total. The van der Waals surface area contributed by atoms with Gasteiger partial charge >= 0.3 is 5.97 Å². The van der Waals surface area contributed by atoms with Crippen LogP contribution in [0.5, 0.6) is 11.5 Å². The molecule has 0 saturated heterocycles. The fourth-order valence-electron chi connectivity index (χ4n) is 1.99. The number of esters is 1. The van der Waals surface area contributed by atoms with Gasteiger partial charge in [0.15, 0.2) is 6.61 Å². The van der Waals surface area contributed by atoms with Crippen molar-refractivity contribution in [2.75, 3.05) is 20.8 Å². The molecule has 7 heteroatoms. The molecule has 0 aliphatic rings. The van der Waals surface area contributed by atoms with E-state index in [0.717, 1.165) is 11.3 Å². The number of benzene rings is 2. The number of rotatable bonds is 7. The molecule has 2 aromatic carbocycles. The minimum atomic E-state index is -0.606. The average Bonchev–Trinajstić information content (AvgIpc) is 2.65. The van der Waals surface area contributed by atoms with Crippen molar-refractivity contribution in [2.45, 2.75) is 6.54 Å². The maximum Gasteiger partial charge on any atom is 0.339 e. The number of amides is 1. The number of ether oxygens (including phenoxy) is 3. The van der Waals surface area contributed by atoms with Crippen LogP contribution in [0.3, 0.4) is 0 Å². The SMILES string of the molecule is COc1ccc(CNC(=O)COC(=O)c2cc(OC)ccc2Br)cc1. The molecule has 0 aliphatic carbocycles. The molecule has 0 atom stereocenters. The number of carbonyl (C=O) groups excluding carboxylic acids is 2. The van der Waals surface area contributed by atoms with Crippen molar-refractivity contribution < 1.29 is 23.8 Å². The second-order valence-electron chi connectivity index (χ2n) is 5.05. The fraction of sp³-hybridized carbons (Fsp3) is 0.222. The van der Waals surface area contributed by atoms with Crippen LogP contribution in [0.1, 0.15) is 15.9 Å². The van der Waals surface area contributed by atoms with Crippen molar-refractivity contribution in [1.29, 1.82) is 0 Å². The summed E-state index contributed by atoms with van der Waals surface area (Å²) in [5, 5.41) is 2.69. The number of hydrogen-bond acceptors (Lipinski definition) is 5. The quantitative estimate of drug-likeness (QED) is 0.714. The van der Waals surface area contributed by atoms with E-state index < -0.39 is 5.97 Å². The Morgan fingerprint density at radius 3 is 2.28 bits per heavy atom. The first kappa shape index (κ1) is 18.8. The molecule has 0 radical (unpaired) electrons. The van der Waals surface area contributed by atoms with Crippen LogP contribution in [0, 0.1) is 0 Å². The third-order valence-electron chi connectivity index (χ3n) is 3.38. The highest BCUT2D eigenvalue weighted by Crippen LogP contribution is 2.23. The summed E-state index contributed by atoms with van der Waals surface area (Å²) in [6, 6.07) is 12.2. The van der Waals surface area contributed by atoms with Crippen LogP contribution in [0.4, 0.5) is 0 Å². The molecule has 0 saturated carbocycles. The van der Waals surface area contributed by atoms with E-state index in [0.29, 0.717) is 22.3 Å². The molecule has 0 heterocycles. The average molecular weight is 408 g/mol. The zero-order valence-corrected chi connectivity index (χ0v) is 15.5. The maximum absolute atomic E-state index is 12.1. The monoisotopic (exact) mass is 407 g/mol. The Balaban J connectivity index is 1.83. The molecule has 0 unspecified atom stereocenters. The topological polar surface area (TPSA) is 73.9 Å². The summed E-state index contributed by atoms with van der Waals surface area (Å²) >= 11 is 3.27. The summed E-state index contributed by atoms with van der Waals surface area (Å²) in [5.74, 6) is 0.278. The van der Waals surface area contributed by atoms with Crippen LogP contribution in [-0.4, -0.2) is 32.7 Å². The lowest BCUT2D eigenvalue weighted by Gasteiger charge is -2.09. The lowest BCUT2D eigenvalue weighted by molar-refractivity contribution is -0.124. The molecule has 0 fully saturated rings. The second kappa shape index (κ2) is 9.08. The third kappa shape index (κ3) is 5.49. The number of hydrogen-bond donors (Lipinski definition) is 1. The summed E-state index contributed by atoms with van der Waals surface area (Å²) in [6.07, 6.45) is 0. The Hall–Kier alpha value is -2.54. The molecule has 2 aromatic rings. The van der Waals surface area contributed by atoms with Crippen LogP contribution < -0.4 is 14.8 Å². The number of carbonyl (C=O) groups is 2. The van der Waals surface area contributed by atoms with Gasteiger partial charge in [-0.3, -0.25) is 4.79 Å². The summed E-state index contributed by atoms with van der Waals surface area (Å²) in [4.78, 5) is 23.9. The van der Waals surface area contributed by atoms with Crippen molar-refractivity contribution in [2.24, 2.45) is 0 Å². The van der Waals surface area contributed by atoms with Crippen LogP contribution in [0.2, 0.25) is 0 Å². The Labute approximate surface area is 154 Å². The van der Waals surface area contributed by atoms with Gasteiger partial charge in [-0.15, -0.1) is 0 Å². The lowest BCUT2D eigenvalue weighted by atomic mass is 10.2. The Bertz CT molecular complexity index is 746. The molecule has 25 heavy (non-hydrogen) atoms. The van der Waals surface area contributed by atoms with Crippen LogP contribution in [0.15, 0.2) is 46.9 Å². The summed E-state index contributed by atoms with van der Waals surface area (Å²) in [7, 11) is 3.09. The zero-order chi connectivity index (χ0) is 18.2. The lowest BCUT2D eigenvalue weighted by Crippen LogP contribution is -2.28. The van der Waals surface area contributed by atoms with Crippen LogP contribution in [0.25, 0.3) is 0 Å². The van der Waals surface area contributed by atoms with E-state index >= 15 is 0 Å². The van der Waals surface area contributed by atoms with Gasteiger partial charge in [-0.05, 0) is 51.8 Å². The number of methoxy groups -OCH3 is 2. The Morgan fingerprint density at radius 2 is 1.64 bits per heavy atom. The van der Waals surface area contributed by atoms with Gasteiger partial charge < -0.3 is 19.5 Å².